The molecule has 2 unspecified atom stereocenters. The summed E-state index contributed by atoms with van der Waals surface area (Å²) in [6.45, 7) is 3.55. The summed E-state index contributed by atoms with van der Waals surface area (Å²) in [4.78, 5) is 3.02. The zero-order valence-corrected chi connectivity index (χ0v) is 17.4. The molecular weight excluding hydrogens is 358 g/mol. The number of rotatable bonds is 10. The van der Waals surface area contributed by atoms with Crippen molar-refractivity contribution >= 4 is 23.1 Å². The molecule has 2 aromatic rings. The maximum Gasteiger partial charge on any atom is 0.129 e. The lowest BCUT2D eigenvalue weighted by atomic mass is 10.1. The number of anilines is 2. The fourth-order valence-electron chi connectivity index (χ4n) is 2.83. The van der Waals surface area contributed by atoms with E-state index in [1.165, 1.54) is 17.4 Å². The summed E-state index contributed by atoms with van der Waals surface area (Å²) in [5.74, 6) is 0.255. The van der Waals surface area contributed by atoms with Crippen LogP contribution in [0.1, 0.15) is 25.0 Å². The van der Waals surface area contributed by atoms with Crippen LogP contribution in [0.5, 0.6) is 5.75 Å². The van der Waals surface area contributed by atoms with Crippen LogP contribution in [-0.4, -0.2) is 49.7 Å². The summed E-state index contributed by atoms with van der Waals surface area (Å²) in [6.07, 6.45) is 2.29. The van der Waals surface area contributed by atoms with Gasteiger partial charge in [-0.1, -0.05) is 6.07 Å². The molecular formula is C21H31N3O2S. The van der Waals surface area contributed by atoms with E-state index in [4.69, 9.17) is 0 Å². The first kappa shape index (κ1) is 21.4. The van der Waals surface area contributed by atoms with Crippen LogP contribution in [0.15, 0.2) is 47.4 Å². The van der Waals surface area contributed by atoms with E-state index in [0.29, 0.717) is 6.54 Å². The van der Waals surface area contributed by atoms with Crippen molar-refractivity contribution in [3.63, 3.8) is 0 Å². The standard InChI is InChI=1S/C21H31N3O2S/c1-15(11-12-24(3)18-8-6-17(22-2)7-9-18)23-14-20(26)16-5-10-19(25)21(13-16)27-4/h5-10,13,15,20,22-23,25-26H,11-12,14H2,1-4H3. The van der Waals surface area contributed by atoms with Crippen LogP contribution >= 0.6 is 11.8 Å². The fourth-order valence-corrected chi connectivity index (χ4v) is 3.36. The van der Waals surface area contributed by atoms with E-state index in [0.717, 1.165) is 29.1 Å². The van der Waals surface area contributed by atoms with Crippen molar-refractivity contribution in [3.05, 3.63) is 48.0 Å². The van der Waals surface area contributed by atoms with Gasteiger partial charge in [0.2, 0.25) is 0 Å². The summed E-state index contributed by atoms with van der Waals surface area (Å²) >= 11 is 1.47. The molecule has 0 fully saturated rings. The molecule has 4 N–H and O–H groups in total. The van der Waals surface area contributed by atoms with Crippen LogP contribution in [0.3, 0.4) is 0 Å². The molecule has 0 bridgehead atoms. The average molecular weight is 390 g/mol. The average Bonchev–Trinajstić information content (AvgIpc) is 2.70. The number of benzene rings is 2. The summed E-state index contributed by atoms with van der Waals surface area (Å²) in [6, 6.07) is 13.9. The highest BCUT2D eigenvalue weighted by molar-refractivity contribution is 7.98. The Morgan fingerprint density at radius 1 is 1.15 bits per heavy atom. The maximum atomic E-state index is 10.4. The second-order valence-electron chi connectivity index (χ2n) is 6.76. The van der Waals surface area contributed by atoms with Gasteiger partial charge in [0.25, 0.3) is 0 Å². The Bertz CT molecular complexity index is 709. The van der Waals surface area contributed by atoms with Gasteiger partial charge >= 0.3 is 0 Å². The molecule has 0 aliphatic carbocycles. The molecule has 5 nitrogen and oxygen atoms in total. The SMILES string of the molecule is CNc1ccc(N(C)CCC(C)NCC(O)c2ccc(O)c(SC)c2)cc1. The van der Waals surface area contributed by atoms with E-state index in [1.54, 1.807) is 12.1 Å². The van der Waals surface area contributed by atoms with Gasteiger partial charge < -0.3 is 25.7 Å². The van der Waals surface area contributed by atoms with Crippen LogP contribution < -0.4 is 15.5 Å². The Hall–Kier alpha value is -1.89. The number of nitrogens with one attached hydrogen (secondary N) is 2. The normalized spacial score (nSPS) is 13.2. The molecule has 2 atom stereocenters. The third-order valence-electron chi connectivity index (χ3n) is 4.74. The number of phenolic OH excluding ortho intramolecular Hbond substituents is 1. The fraction of sp³-hybridized carbons (Fsp3) is 0.429. The van der Waals surface area contributed by atoms with E-state index < -0.39 is 6.10 Å². The number of aromatic hydroxyl groups is 1. The quantitative estimate of drug-likeness (QED) is 0.465. The van der Waals surface area contributed by atoms with Gasteiger partial charge in [0, 0.05) is 49.5 Å². The van der Waals surface area contributed by atoms with Gasteiger partial charge in [-0.2, -0.15) is 0 Å². The van der Waals surface area contributed by atoms with E-state index in [2.05, 4.69) is 53.8 Å². The van der Waals surface area contributed by atoms with E-state index in [1.807, 2.05) is 19.4 Å². The Morgan fingerprint density at radius 3 is 2.48 bits per heavy atom. The number of nitrogens with zero attached hydrogens (tertiary/aromatic N) is 1. The largest absolute Gasteiger partial charge is 0.507 e. The first-order valence-corrected chi connectivity index (χ1v) is 10.4. The molecule has 0 aliphatic heterocycles. The monoisotopic (exact) mass is 389 g/mol. The van der Waals surface area contributed by atoms with Gasteiger partial charge in [-0.25, -0.2) is 0 Å². The number of phenols is 1. The highest BCUT2D eigenvalue weighted by Gasteiger charge is 2.12. The minimum absolute atomic E-state index is 0.255. The van der Waals surface area contributed by atoms with Crippen molar-refractivity contribution in [2.75, 3.05) is 43.7 Å². The minimum Gasteiger partial charge on any atom is -0.507 e. The lowest BCUT2D eigenvalue weighted by Crippen LogP contribution is -2.33. The third-order valence-corrected chi connectivity index (χ3v) is 5.51. The second kappa shape index (κ2) is 10.4. The second-order valence-corrected chi connectivity index (χ2v) is 7.61. The summed E-state index contributed by atoms with van der Waals surface area (Å²) in [5.41, 5.74) is 3.11. The zero-order chi connectivity index (χ0) is 19.8. The number of aliphatic hydroxyl groups is 1. The molecule has 0 saturated carbocycles. The molecule has 148 valence electrons. The Balaban J connectivity index is 1.78. The summed E-state index contributed by atoms with van der Waals surface area (Å²) in [7, 11) is 4.01. The molecule has 0 aromatic heterocycles. The number of hydrogen-bond donors (Lipinski definition) is 4. The lowest BCUT2D eigenvalue weighted by molar-refractivity contribution is 0.170. The molecule has 6 heteroatoms. The predicted octanol–water partition coefficient (Wildman–Crippen LogP) is 3.69. The van der Waals surface area contributed by atoms with Crippen molar-refractivity contribution in [3.8, 4) is 5.75 Å². The maximum absolute atomic E-state index is 10.4. The molecule has 0 heterocycles. The van der Waals surface area contributed by atoms with Gasteiger partial charge in [-0.15, -0.1) is 11.8 Å². The van der Waals surface area contributed by atoms with Crippen LogP contribution in [0.25, 0.3) is 0 Å². The zero-order valence-electron chi connectivity index (χ0n) is 16.6. The smallest absolute Gasteiger partial charge is 0.129 e. The molecule has 0 radical (unpaired) electrons. The molecule has 2 aromatic carbocycles. The van der Waals surface area contributed by atoms with Gasteiger partial charge in [0.1, 0.15) is 5.75 Å². The van der Waals surface area contributed by atoms with Crippen molar-refractivity contribution < 1.29 is 10.2 Å². The molecule has 0 aliphatic rings. The van der Waals surface area contributed by atoms with Crippen LogP contribution in [-0.2, 0) is 0 Å². The predicted molar refractivity (Wildman–Crippen MR) is 116 cm³/mol. The third kappa shape index (κ3) is 6.34. The Morgan fingerprint density at radius 2 is 1.85 bits per heavy atom. The first-order valence-electron chi connectivity index (χ1n) is 9.22. The summed E-state index contributed by atoms with van der Waals surface area (Å²) in [5, 5.41) is 26.7. The van der Waals surface area contributed by atoms with Gasteiger partial charge in [-0.05, 0) is 61.6 Å². The molecule has 0 spiro atoms. The number of aliphatic hydroxyl groups excluding tert-OH is 1. The Labute approximate surface area is 166 Å². The van der Waals surface area contributed by atoms with Crippen molar-refractivity contribution in [1.29, 1.82) is 0 Å². The highest BCUT2D eigenvalue weighted by Crippen LogP contribution is 2.29. The lowest BCUT2D eigenvalue weighted by Gasteiger charge is -2.23. The Kier molecular flexibility index (Phi) is 8.28. The van der Waals surface area contributed by atoms with Gasteiger partial charge in [0.05, 0.1) is 6.10 Å². The highest BCUT2D eigenvalue weighted by atomic mass is 32.2. The van der Waals surface area contributed by atoms with Crippen molar-refractivity contribution in [2.45, 2.75) is 30.4 Å². The van der Waals surface area contributed by atoms with Gasteiger partial charge in [0.15, 0.2) is 0 Å². The molecule has 27 heavy (non-hydrogen) atoms. The molecule has 0 saturated heterocycles. The van der Waals surface area contributed by atoms with E-state index >= 15 is 0 Å². The first-order chi connectivity index (χ1) is 12.9. The topological polar surface area (TPSA) is 67.8 Å². The van der Waals surface area contributed by atoms with Crippen LogP contribution in [0.4, 0.5) is 11.4 Å². The van der Waals surface area contributed by atoms with Gasteiger partial charge in [-0.3, -0.25) is 0 Å². The van der Waals surface area contributed by atoms with Crippen molar-refractivity contribution in [1.82, 2.24) is 5.32 Å². The van der Waals surface area contributed by atoms with Crippen LogP contribution in [0, 0.1) is 0 Å². The number of hydrogen-bond acceptors (Lipinski definition) is 6. The van der Waals surface area contributed by atoms with E-state index in [-0.39, 0.29) is 11.8 Å². The van der Waals surface area contributed by atoms with Crippen molar-refractivity contribution in [2.24, 2.45) is 0 Å². The minimum atomic E-state index is -0.592. The molecule has 2 rings (SSSR count). The molecule has 0 amide bonds. The summed E-state index contributed by atoms with van der Waals surface area (Å²) < 4.78 is 0. The number of thioether (sulfide) groups is 1. The van der Waals surface area contributed by atoms with Crippen LogP contribution in [0.2, 0.25) is 0 Å². The van der Waals surface area contributed by atoms with E-state index in [9.17, 15) is 10.2 Å².